The first kappa shape index (κ1) is 20.7. The first-order valence-corrected chi connectivity index (χ1v) is 9.80. The predicted molar refractivity (Wildman–Crippen MR) is 108 cm³/mol. The molecule has 0 fully saturated rings. The Labute approximate surface area is 170 Å². The van der Waals surface area contributed by atoms with Crippen LogP contribution in [0.2, 0.25) is 5.02 Å². The molecule has 150 valence electrons. The Morgan fingerprint density at radius 3 is 2.64 bits per heavy atom. The highest BCUT2D eigenvalue weighted by atomic mass is 35.5. The van der Waals surface area contributed by atoms with Gasteiger partial charge in [0.05, 0.1) is 27.5 Å². The summed E-state index contributed by atoms with van der Waals surface area (Å²) in [4.78, 5) is 1.03. The summed E-state index contributed by atoms with van der Waals surface area (Å²) in [6, 6.07) is 7.19. The van der Waals surface area contributed by atoms with Crippen LogP contribution in [0.5, 0.6) is 0 Å². The average molecular weight is 429 g/mol. The lowest BCUT2D eigenvalue weighted by atomic mass is 10.00. The van der Waals surface area contributed by atoms with Gasteiger partial charge < -0.3 is 11.1 Å². The van der Waals surface area contributed by atoms with Gasteiger partial charge in [-0.25, -0.2) is 0 Å². The largest absolute Gasteiger partial charge is 0.416 e. The van der Waals surface area contributed by atoms with Crippen molar-refractivity contribution in [3.05, 3.63) is 57.6 Å². The molecule has 0 radical (unpaired) electrons. The van der Waals surface area contributed by atoms with Crippen LogP contribution in [0.25, 0.3) is 11.3 Å². The quantitative estimate of drug-likeness (QED) is 0.573. The summed E-state index contributed by atoms with van der Waals surface area (Å²) in [5.74, 6) is 0. The molecule has 3 aromatic rings. The second kappa shape index (κ2) is 8.14. The maximum absolute atomic E-state index is 13.2. The number of nitrogens with two attached hydrogens (primary N) is 1. The lowest BCUT2D eigenvalue weighted by Crippen LogP contribution is -2.31. The number of anilines is 1. The monoisotopic (exact) mass is 428 g/mol. The average Bonchev–Trinajstić information content (AvgIpc) is 3.15. The number of benzene rings is 1. The van der Waals surface area contributed by atoms with Gasteiger partial charge in [-0.05, 0) is 31.0 Å². The van der Waals surface area contributed by atoms with Crippen LogP contribution in [0.4, 0.5) is 18.2 Å². The van der Waals surface area contributed by atoms with Gasteiger partial charge in [0.2, 0.25) is 0 Å². The highest BCUT2D eigenvalue weighted by Crippen LogP contribution is 2.38. The van der Waals surface area contributed by atoms with Crippen molar-refractivity contribution in [2.45, 2.75) is 25.6 Å². The molecule has 0 amide bonds. The van der Waals surface area contributed by atoms with Crippen molar-refractivity contribution in [1.29, 1.82) is 0 Å². The molecule has 1 atom stereocenters. The van der Waals surface area contributed by atoms with Crippen LogP contribution in [-0.4, -0.2) is 22.4 Å². The lowest BCUT2D eigenvalue weighted by molar-refractivity contribution is -0.138. The van der Waals surface area contributed by atoms with E-state index in [2.05, 4.69) is 10.4 Å². The van der Waals surface area contributed by atoms with Crippen molar-refractivity contribution in [3.8, 4) is 11.3 Å². The van der Waals surface area contributed by atoms with Crippen molar-refractivity contribution >= 4 is 27.9 Å². The molecule has 0 saturated heterocycles. The topological polar surface area (TPSA) is 55.9 Å². The van der Waals surface area contributed by atoms with Crippen LogP contribution in [0.15, 0.2) is 36.5 Å². The van der Waals surface area contributed by atoms with Gasteiger partial charge in [0.1, 0.15) is 0 Å². The molecule has 1 aromatic carbocycles. The van der Waals surface area contributed by atoms with Gasteiger partial charge >= 0.3 is 6.18 Å². The predicted octanol–water partition coefficient (Wildman–Crippen LogP) is 5.11. The molecule has 4 nitrogen and oxygen atoms in total. The van der Waals surface area contributed by atoms with Crippen LogP contribution in [0.1, 0.15) is 16.0 Å². The van der Waals surface area contributed by atoms with Gasteiger partial charge in [0.25, 0.3) is 0 Å². The van der Waals surface area contributed by atoms with Gasteiger partial charge in [-0.2, -0.15) is 18.3 Å². The van der Waals surface area contributed by atoms with Crippen LogP contribution in [-0.2, 0) is 19.6 Å². The Hall–Kier alpha value is -2.03. The Morgan fingerprint density at radius 1 is 1.32 bits per heavy atom. The molecule has 3 N–H and O–H groups in total. The van der Waals surface area contributed by atoms with E-state index < -0.39 is 11.7 Å². The Balaban J connectivity index is 1.83. The highest BCUT2D eigenvalue weighted by molar-refractivity contribution is 7.16. The third-order valence-corrected chi connectivity index (χ3v) is 5.75. The van der Waals surface area contributed by atoms with Gasteiger partial charge in [-0.3, -0.25) is 4.68 Å². The van der Waals surface area contributed by atoms with E-state index in [0.29, 0.717) is 5.02 Å². The molecular formula is C19H20ClF3N4S. The van der Waals surface area contributed by atoms with E-state index in [0.717, 1.165) is 27.2 Å². The number of hydrogen-bond donors (Lipinski definition) is 2. The van der Waals surface area contributed by atoms with Crippen molar-refractivity contribution in [2.24, 2.45) is 12.8 Å². The number of halogens is 4. The van der Waals surface area contributed by atoms with Crippen molar-refractivity contribution in [2.75, 3.05) is 11.9 Å². The third-order valence-electron chi connectivity index (χ3n) is 4.49. The minimum Gasteiger partial charge on any atom is -0.373 e. The van der Waals surface area contributed by atoms with Crippen LogP contribution in [0.3, 0.4) is 0 Å². The molecule has 0 saturated carbocycles. The van der Waals surface area contributed by atoms with Gasteiger partial charge in [-0.15, -0.1) is 11.3 Å². The summed E-state index contributed by atoms with van der Waals surface area (Å²) in [5.41, 5.74) is 7.17. The molecule has 0 aliphatic carbocycles. The number of aromatic nitrogens is 2. The minimum atomic E-state index is -4.39. The van der Waals surface area contributed by atoms with E-state index in [1.54, 1.807) is 16.9 Å². The number of hydrogen-bond acceptors (Lipinski definition) is 4. The molecular weight excluding hydrogens is 409 g/mol. The molecule has 0 aliphatic rings. The number of nitrogens with one attached hydrogen (secondary N) is 1. The zero-order chi connectivity index (χ0) is 20.5. The maximum atomic E-state index is 13.2. The maximum Gasteiger partial charge on any atom is 0.416 e. The number of nitrogens with zero attached hydrogens (tertiary/aromatic N) is 2. The first-order chi connectivity index (χ1) is 13.2. The molecule has 0 spiro atoms. The molecule has 3 rings (SSSR count). The van der Waals surface area contributed by atoms with Crippen LogP contribution < -0.4 is 11.1 Å². The van der Waals surface area contributed by atoms with E-state index in [-0.39, 0.29) is 24.6 Å². The Bertz CT molecular complexity index is 945. The second-order valence-corrected chi connectivity index (χ2v) is 8.14. The van der Waals surface area contributed by atoms with Gasteiger partial charge in [0.15, 0.2) is 0 Å². The van der Waals surface area contributed by atoms with Crippen molar-refractivity contribution in [1.82, 2.24) is 9.78 Å². The van der Waals surface area contributed by atoms with Crippen molar-refractivity contribution < 1.29 is 13.2 Å². The summed E-state index contributed by atoms with van der Waals surface area (Å²) in [5, 5.41) is 8.79. The summed E-state index contributed by atoms with van der Waals surface area (Å²) in [6.45, 7) is 2.16. The summed E-state index contributed by atoms with van der Waals surface area (Å²) >= 11 is 7.74. The lowest BCUT2D eigenvalue weighted by Gasteiger charge is -2.20. The standard InChI is InChI=1S/C19H20ClF3N4S/c1-11-14(18-16(20)10-25-27(18)2)8-17(28-11)26-13(9-24)7-12-5-3-4-6-15(12)19(21,22)23/h3-6,8,10,13,26H,7,9,24H2,1-2H3/t13-/m0/s1. The molecule has 0 unspecified atom stereocenters. The highest BCUT2D eigenvalue weighted by Gasteiger charge is 2.33. The fraction of sp³-hybridized carbons (Fsp3) is 0.316. The van der Waals surface area contributed by atoms with E-state index in [9.17, 15) is 13.2 Å². The number of rotatable bonds is 6. The molecule has 9 heteroatoms. The van der Waals surface area contributed by atoms with Crippen molar-refractivity contribution in [3.63, 3.8) is 0 Å². The fourth-order valence-corrected chi connectivity index (χ4v) is 4.40. The van der Waals surface area contributed by atoms with E-state index in [4.69, 9.17) is 17.3 Å². The zero-order valence-corrected chi connectivity index (χ0v) is 16.9. The Kier molecular flexibility index (Phi) is 6.02. The van der Waals surface area contributed by atoms with E-state index in [1.807, 2.05) is 20.0 Å². The number of alkyl halides is 3. The van der Waals surface area contributed by atoms with E-state index >= 15 is 0 Å². The third kappa shape index (κ3) is 4.34. The van der Waals surface area contributed by atoms with Gasteiger partial charge in [0, 0.05) is 30.1 Å². The Morgan fingerprint density at radius 2 is 2.04 bits per heavy atom. The minimum absolute atomic E-state index is 0.172. The SMILES string of the molecule is Cc1sc(N[C@H](CN)Cc2ccccc2C(F)(F)F)cc1-c1c(Cl)cnn1C. The number of thiophene rings is 1. The summed E-state index contributed by atoms with van der Waals surface area (Å²) in [6.07, 6.45) is -2.64. The molecule has 0 aliphatic heterocycles. The fourth-order valence-electron chi connectivity index (χ4n) is 3.14. The normalized spacial score (nSPS) is 13.0. The van der Waals surface area contributed by atoms with Gasteiger partial charge in [-0.1, -0.05) is 29.8 Å². The summed E-state index contributed by atoms with van der Waals surface area (Å²) < 4.78 is 41.4. The van der Waals surface area contributed by atoms with E-state index in [1.165, 1.54) is 23.5 Å². The molecule has 2 aromatic heterocycles. The number of aryl methyl sites for hydroxylation is 2. The first-order valence-electron chi connectivity index (χ1n) is 8.60. The molecule has 2 heterocycles. The van der Waals surface area contributed by atoms with Crippen LogP contribution in [0, 0.1) is 6.92 Å². The second-order valence-electron chi connectivity index (χ2n) is 6.48. The molecule has 0 bridgehead atoms. The molecule has 28 heavy (non-hydrogen) atoms. The smallest absolute Gasteiger partial charge is 0.373 e. The summed E-state index contributed by atoms with van der Waals surface area (Å²) in [7, 11) is 1.81. The zero-order valence-electron chi connectivity index (χ0n) is 15.3. The van der Waals surface area contributed by atoms with Crippen LogP contribution >= 0.6 is 22.9 Å².